The molecule has 2 rings (SSSR count). The summed E-state index contributed by atoms with van der Waals surface area (Å²) in [5.74, 6) is 4.47. The van der Waals surface area contributed by atoms with Crippen LogP contribution < -0.4 is 0 Å². The van der Waals surface area contributed by atoms with Crippen LogP contribution in [0.15, 0.2) is 30.3 Å². The molecule has 18 heavy (non-hydrogen) atoms. The smallest absolute Gasteiger partial charge is 0.384 e. The Bertz CT molecular complexity index is 656. The van der Waals surface area contributed by atoms with Crippen molar-refractivity contribution in [3.05, 3.63) is 41.0 Å². The number of rotatable bonds is 1. The number of hydrogen-bond donors (Lipinski definition) is 0. The normalized spacial score (nSPS) is 9.67. The van der Waals surface area contributed by atoms with Crippen LogP contribution in [-0.2, 0) is 9.53 Å². The van der Waals surface area contributed by atoms with Crippen molar-refractivity contribution in [1.82, 2.24) is 4.98 Å². The highest BCUT2D eigenvalue weighted by atomic mass is 35.5. The summed E-state index contributed by atoms with van der Waals surface area (Å²) in [6.07, 6.45) is 0. The van der Waals surface area contributed by atoms with E-state index in [0.717, 1.165) is 10.9 Å². The van der Waals surface area contributed by atoms with E-state index in [0.29, 0.717) is 12.2 Å². The number of hydrogen-bond acceptors (Lipinski definition) is 3. The molecule has 0 fully saturated rings. The van der Waals surface area contributed by atoms with Gasteiger partial charge in [-0.15, -0.1) is 0 Å². The fourth-order valence-corrected chi connectivity index (χ4v) is 1.66. The van der Waals surface area contributed by atoms with E-state index in [2.05, 4.69) is 16.8 Å². The average Bonchev–Trinajstić information content (AvgIpc) is 2.36. The summed E-state index contributed by atoms with van der Waals surface area (Å²) in [5.41, 5.74) is 1.31. The molecule has 90 valence electrons. The predicted octanol–water partition coefficient (Wildman–Crippen LogP) is 2.80. The SMILES string of the molecule is CCOC(=O)C#Cc1cc2ccccc2nc1Cl. The fraction of sp³-hybridized carbons (Fsp3) is 0.143. The van der Waals surface area contributed by atoms with Crippen molar-refractivity contribution >= 4 is 28.5 Å². The topological polar surface area (TPSA) is 39.2 Å². The zero-order chi connectivity index (χ0) is 13.0. The van der Waals surface area contributed by atoms with Crippen LogP contribution in [0.25, 0.3) is 10.9 Å². The number of nitrogens with zero attached hydrogens (tertiary/aromatic N) is 1. The Morgan fingerprint density at radius 2 is 2.22 bits per heavy atom. The maximum atomic E-state index is 11.1. The molecule has 0 spiro atoms. The van der Waals surface area contributed by atoms with Gasteiger partial charge in [0.05, 0.1) is 17.7 Å². The predicted molar refractivity (Wildman–Crippen MR) is 70.3 cm³/mol. The first kappa shape index (κ1) is 12.4. The lowest BCUT2D eigenvalue weighted by atomic mass is 10.1. The van der Waals surface area contributed by atoms with E-state index in [1.54, 1.807) is 13.0 Å². The Hall–Kier alpha value is -2.05. The summed E-state index contributed by atoms with van der Waals surface area (Å²) in [6, 6.07) is 9.37. The molecule has 0 aliphatic carbocycles. The summed E-state index contributed by atoms with van der Waals surface area (Å²) in [4.78, 5) is 15.3. The lowest BCUT2D eigenvalue weighted by Gasteiger charge is -1.99. The zero-order valence-electron chi connectivity index (χ0n) is 9.74. The number of aromatic nitrogens is 1. The molecule has 0 unspecified atom stereocenters. The number of carbonyl (C=O) groups excluding carboxylic acids is 1. The molecule has 0 aliphatic heterocycles. The Labute approximate surface area is 110 Å². The molecule has 2 aromatic rings. The highest BCUT2D eigenvalue weighted by molar-refractivity contribution is 6.31. The molecule has 0 amide bonds. The maximum Gasteiger partial charge on any atom is 0.384 e. The minimum absolute atomic E-state index is 0.283. The molecule has 3 nitrogen and oxygen atoms in total. The Balaban J connectivity index is 2.39. The van der Waals surface area contributed by atoms with Gasteiger partial charge in [-0.2, -0.15) is 0 Å². The third-order valence-corrected chi connectivity index (χ3v) is 2.54. The van der Waals surface area contributed by atoms with Gasteiger partial charge < -0.3 is 4.74 Å². The molecule has 0 bridgehead atoms. The second-order valence-corrected chi connectivity index (χ2v) is 3.85. The second-order valence-electron chi connectivity index (χ2n) is 3.49. The van der Waals surface area contributed by atoms with Crippen molar-refractivity contribution in [2.45, 2.75) is 6.92 Å². The summed E-state index contributed by atoms with van der Waals surface area (Å²) in [5, 5.41) is 1.21. The van der Waals surface area contributed by atoms with E-state index in [4.69, 9.17) is 16.3 Å². The van der Waals surface area contributed by atoms with Crippen molar-refractivity contribution < 1.29 is 9.53 Å². The number of para-hydroxylation sites is 1. The van der Waals surface area contributed by atoms with Gasteiger partial charge in [-0.1, -0.05) is 35.7 Å². The van der Waals surface area contributed by atoms with Gasteiger partial charge >= 0.3 is 5.97 Å². The zero-order valence-corrected chi connectivity index (χ0v) is 10.5. The van der Waals surface area contributed by atoms with Gasteiger partial charge in [-0.05, 0) is 19.1 Å². The van der Waals surface area contributed by atoms with Crippen molar-refractivity contribution in [3.8, 4) is 11.8 Å². The number of benzene rings is 1. The lowest BCUT2D eigenvalue weighted by molar-refractivity contribution is -0.136. The van der Waals surface area contributed by atoms with Gasteiger partial charge in [0.25, 0.3) is 0 Å². The van der Waals surface area contributed by atoms with Crippen LogP contribution in [0.3, 0.4) is 0 Å². The third-order valence-electron chi connectivity index (χ3n) is 2.25. The number of pyridine rings is 1. The minimum atomic E-state index is -0.568. The van der Waals surface area contributed by atoms with E-state index in [9.17, 15) is 4.79 Å². The molecule has 1 aromatic carbocycles. The van der Waals surface area contributed by atoms with Gasteiger partial charge in [-0.3, -0.25) is 0 Å². The highest BCUT2D eigenvalue weighted by Gasteiger charge is 2.02. The molecule has 0 saturated heterocycles. The van der Waals surface area contributed by atoms with Crippen LogP contribution >= 0.6 is 11.6 Å². The highest BCUT2D eigenvalue weighted by Crippen LogP contribution is 2.19. The first-order valence-electron chi connectivity index (χ1n) is 5.44. The molecule has 0 atom stereocenters. The van der Waals surface area contributed by atoms with Crippen molar-refractivity contribution in [2.75, 3.05) is 6.61 Å². The summed E-state index contributed by atoms with van der Waals surface area (Å²) in [6.45, 7) is 2.03. The Morgan fingerprint density at radius 1 is 1.44 bits per heavy atom. The van der Waals surface area contributed by atoms with Crippen LogP contribution in [0.5, 0.6) is 0 Å². The van der Waals surface area contributed by atoms with Crippen LogP contribution in [0.4, 0.5) is 0 Å². The molecule has 1 heterocycles. The van der Waals surface area contributed by atoms with E-state index in [1.807, 2.05) is 24.3 Å². The second kappa shape index (κ2) is 5.52. The fourth-order valence-electron chi connectivity index (χ4n) is 1.47. The standard InChI is InChI=1S/C14H10ClNO2/c1-2-18-13(17)8-7-11-9-10-5-3-4-6-12(10)16-14(11)15/h3-6,9H,2H2,1H3. The van der Waals surface area contributed by atoms with E-state index in [1.165, 1.54) is 0 Å². The van der Waals surface area contributed by atoms with Gasteiger partial charge in [0.1, 0.15) is 5.15 Å². The lowest BCUT2D eigenvalue weighted by Crippen LogP contribution is -1.99. The van der Waals surface area contributed by atoms with Crippen molar-refractivity contribution in [1.29, 1.82) is 0 Å². The number of ether oxygens (including phenoxy) is 1. The molecule has 4 heteroatoms. The molecular weight excluding hydrogens is 250 g/mol. The van der Waals surface area contributed by atoms with Gasteiger partial charge in [0.2, 0.25) is 0 Å². The molecule has 0 N–H and O–H groups in total. The van der Waals surface area contributed by atoms with Gasteiger partial charge in [-0.25, -0.2) is 9.78 Å². The summed E-state index contributed by atoms with van der Waals surface area (Å²) < 4.78 is 4.71. The molecular formula is C14H10ClNO2. The molecule has 0 aliphatic rings. The van der Waals surface area contributed by atoms with Gasteiger partial charge in [0, 0.05) is 11.3 Å². The molecule has 0 saturated carbocycles. The van der Waals surface area contributed by atoms with Crippen LogP contribution in [-0.4, -0.2) is 17.6 Å². The van der Waals surface area contributed by atoms with Crippen LogP contribution in [0.2, 0.25) is 5.15 Å². The summed E-state index contributed by atoms with van der Waals surface area (Å²) in [7, 11) is 0. The largest absolute Gasteiger partial charge is 0.456 e. The van der Waals surface area contributed by atoms with Crippen molar-refractivity contribution in [3.63, 3.8) is 0 Å². The monoisotopic (exact) mass is 259 g/mol. The van der Waals surface area contributed by atoms with Gasteiger partial charge in [0.15, 0.2) is 0 Å². The summed E-state index contributed by atoms with van der Waals surface area (Å²) >= 11 is 6.00. The third kappa shape index (κ3) is 2.79. The average molecular weight is 260 g/mol. The van der Waals surface area contributed by atoms with E-state index < -0.39 is 5.97 Å². The number of carbonyl (C=O) groups is 1. The Kier molecular flexibility index (Phi) is 3.81. The maximum absolute atomic E-state index is 11.1. The minimum Gasteiger partial charge on any atom is -0.456 e. The Morgan fingerprint density at radius 3 is 3.00 bits per heavy atom. The molecule has 0 radical (unpaired) electrons. The van der Waals surface area contributed by atoms with Crippen LogP contribution in [0, 0.1) is 11.8 Å². The van der Waals surface area contributed by atoms with E-state index >= 15 is 0 Å². The van der Waals surface area contributed by atoms with E-state index in [-0.39, 0.29) is 5.15 Å². The molecule has 1 aromatic heterocycles. The van der Waals surface area contributed by atoms with Crippen molar-refractivity contribution in [2.24, 2.45) is 0 Å². The van der Waals surface area contributed by atoms with Crippen LogP contribution in [0.1, 0.15) is 12.5 Å². The number of fused-ring (bicyclic) bond motifs is 1. The number of esters is 1. The number of halogens is 1. The quantitative estimate of drug-likeness (QED) is 0.449. The first-order valence-corrected chi connectivity index (χ1v) is 5.82. The first-order chi connectivity index (χ1) is 8.70.